The van der Waals surface area contributed by atoms with Crippen LogP contribution >= 0.6 is 11.6 Å². The summed E-state index contributed by atoms with van der Waals surface area (Å²) in [5, 5.41) is 0.221. The first-order valence-corrected chi connectivity index (χ1v) is 11.7. The molecule has 2 saturated heterocycles. The number of carbonyl (C=O) groups is 1. The second-order valence-electron chi connectivity index (χ2n) is 7.68. The van der Waals surface area contributed by atoms with Gasteiger partial charge in [-0.05, 0) is 49.9 Å². The van der Waals surface area contributed by atoms with Gasteiger partial charge in [-0.2, -0.15) is 4.31 Å². The maximum atomic E-state index is 13.2. The third-order valence-corrected chi connectivity index (χ3v) is 8.53. The molecule has 0 bridgehead atoms. The summed E-state index contributed by atoms with van der Waals surface area (Å²) in [6.07, 6.45) is 4.39. The zero-order valence-electron chi connectivity index (χ0n) is 16.3. The zero-order valence-corrected chi connectivity index (χ0v) is 17.9. The Morgan fingerprint density at radius 3 is 2.38 bits per heavy atom. The number of piperidine rings is 1. The Morgan fingerprint density at radius 1 is 1.07 bits per heavy atom. The lowest BCUT2D eigenvalue weighted by molar-refractivity contribution is -0.127. The van der Waals surface area contributed by atoms with E-state index in [0.717, 1.165) is 24.2 Å². The molecule has 1 aromatic carbocycles. The highest BCUT2D eigenvalue weighted by molar-refractivity contribution is 7.89. The second kappa shape index (κ2) is 7.70. The van der Waals surface area contributed by atoms with E-state index in [1.807, 2.05) is 19.1 Å². The molecule has 4 rings (SSSR count). The molecule has 154 valence electrons. The summed E-state index contributed by atoms with van der Waals surface area (Å²) < 4.78 is 27.4. The van der Waals surface area contributed by atoms with Gasteiger partial charge in [-0.3, -0.25) is 9.78 Å². The number of hydrogen-bond acceptors (Lipinski definition) is 4. The number of pyridine rings is 1. The van der Waals surface area contributed by atoms with Crippen LogP contribution in [0.5, 0.6) is 0 Å². The quantitative estimate of drug-likeness (QED) is 0.739. The number of rotatable bonds is 4. The Balaban J connectivity index is 1.49. The summed E-state index contributed by atoms with van der Waals surface area (Å²) in [5.41, 5.74) is 1.32. The summed E-state index contributed by atoms with van der Waals surface area (Å²) >= 11 is 6.11. The van der Waals surface area contributed by atoms with Gasteiger partial charge in [-0.15, -0.1) is 0 Å². The fourth-order valence-electron chi connectivity index (χ4n) is 4.26. The van der Waals surface area contributed by atoms with Crippen molar-refractivity contribution in [3.05, 3.63) is 53.3 Å². The number of halogens is 1. The molecule has 3 heterocycles. The van der Waals surface area contributed by atoms with E-state index in [-0.39, 0.29) is 15.8 Å². The zero-order chi connectivity index (χ0) is 20.6. The highest BCUT2D eigenvalue weighted by Crippen LogP contribution is 2.44. The van der Waals surface area contributed by atoms with Crippen LogP contribution in [0.1, 0.15) is 31.9 Å². The van der Waals surface area contributed by atoms with Gasteiger partial charge in [0, 0.05) is 25.3 Å². The first-order chi connectivity index (χ1) is 13.9. The van der Waals surface area contributed by atoms with Gasteiger partial charge < -0.3 is 4.90 Å². The van der Waals surface area contributed by atoms with Gasteiger partial charge in [0.25, 0.3) is 0 Å². The van der Waals surface area contributed by atoms with E-state index < -0.39 is 15.4 Å². The average molecular weight is 434 g/mol. The average Bonchev–Trinajstić information content (AvgIpc) is 3.04. The minimum atomic E-state index is -3.66. The van der Waals surface area contributed by atoms with Crippen molar-refractivity contribution in [3.63, 3.8) is 0 Å². The molecule has 0 N–H and O–H groups in total. The molecule has 0 saturated carbocycles. The molecule has 8 heteroatoms. The predicted molar refractivity (Wildman–Crippen MR) is 112 cm³/mol. The van der Waals surface area contributed by atoms with Crippen LogP contribution in [0.25, 0.3) is 0 Å². The molecule has 0 atom stereocenters. The van der Waals surface area contributed by atoms with Crippen molar-refractivity contribution in [2.45, 2.75) is 37.5 Å². The molecule has 0 unspecified atom stereocenters. The summed E-state index contributed by atoms with van der Waals surface area (Å²) in [7, 11) is -3.66. The third-order valence-electron chi connectivity index (χ3n) is 6.13. The highest BCUT2D eigenvalue weighted by atomic mass is 35.5. The number of benzene rings is 1. The lowest BCUT2D eigenvalue weighted by Gasteiger charge is -2.37. The van der Waals surface area contributed by atoms with E-state index >= 15 is 0 Å². The first kappa shape index (κ1) is 20.3. The van der Waals surface area contributed by atoms with E-state index in [9.17, 15) is 13.2 Å². The van der Waals surface area contributed by atoms with Gasteiger partial charge in [0.1, 0.15) is 4.90 Å². The standard InChI is InChI=1S/C21H24ClN3O3S/c1-2-16-7-8-17(15-23-16)25-14-11-21(20(25)26)9-12-24(13-10-21)29(27,28)19-6-4-3-5-18(19)22/h3-8,15H,2,9-14H2,1H3. The number of nitrogens with zero attached hydrogens (tertiary/aromatic N) is 3. The van der Waals surface area contributed by atoms with Crippen LogP contribution in [-0.4, -0.2) is 43.2 Å². The number of hydrogen-bond donors (Lipinski definition) is 0. The van der Waals surface area contributed by atoms with Crippen molar-refractivity contribution in [2.75, 3.05) is 24.5 Å². The molecule has 0 aliphatic carbocycles. The molecular formula is C21H24ClN3O3S. The number of anilines is 1. The van der Waals surface area contributed by atoms with Crippen LogP contribution in [0.15, 0.2) is 47.5 Å². The lowest BCUT2D eigenvalue weighted by atomic mass is 9.77. The molecular weight excluding hydrogens is 410 g/mol. The summed E-state index contributed by atoms with van der Waals surface area (Å²) in [6.45, 7) is 3.33. The van der Waals surface area contributed by atoms with Crippen LogP contribution in [-0.2, 0) is 21.2 Å². The Kier molecular flexibility index (Phi) is 5.40. The minimum absolute atomic E-state index is 0.0818. The molecule has 2 aliphatic rings. The lowest BCUT2D eigenvalue weighted by Crippen LogP contribution is -2.46. The molecule has 2 aromatic rings. The van der Waals surface area contributed by atoms with Gasteiger partial charge in [0.05, 0.1) is 22.3 Å². The minimum Gasteiger partial charge on any atom is -0.310 e. The Bertz CT molecular complexity index is 1020. The number of amides is 1. The van der Waals surface area contributed by atoms with Crippen LogP contribution in [0.4, 0.5) is 5.69 Å². The fourth-order valence-corrected chi connectivity index (χ4v) is 6.20. The van der Waals surface area contributed by atoms with E-state index in [1.165, 1.54) is 10.4 Å². The molecule has 6 nitrogen and oxygen atoms in total. The molecule has 1 aromatic heterocycles. The predicted octanol–water partition coefficient (Wildman–Crippen LogP) is 3.51. The van der Waals surface area contributed by atoms with Crippen molar-refractivity contribution in [1.29, 1.82) is 0 Å². The summed E-state index contributed by atoms with van der Waals surface area (Å²) in [6, 6.07) is 10.4. The van der Waals surface area contributed by atoms with Crippen LogP contribution in [0, 0.1) is 5.41 Å². The molecule has 1 spiro atoms. The summed E-state index contributed by atoms with van der Waals surface area (Å²) in [5.74, 6) is 0.0818. The summed E-state index contributed by atoms with van der Waals surface area (Å²) in [4.78, 5) is 19.5. The van der Waals surface area contributed by atoms with Gasteiger partial charge in [0.15, 0.2) is 0 Å². The van der Waals surface area contributed by atoms with E-state index in [1.54, 1.807) is 29.3 Å². The molecule has 1 amide bonds. The van der Waals surface area contributed by atoms with Crippen LogP contribution in [0.2, 0.25) is 5.02 Å². The van der Waals surface area contributed by atoms with E-state index in [4.69, 9.17) is 11.6 Å². The van der Waals surface area contributed by atoms with Crippen molar-refractivity contribution in [2.24, 2.45) is 5.41 Å². The number of carbonyl (C=O) groups excluding carboxylic acids is 1. The fraction of sp³-hybridized carbons (Fsp3) is 0.429. The van der Waals surface area contributed by atoms with Gasteiger partial charge in [-0.25, -0.2) is 8.42 Å². The van der Waals surface area contributed by atoms with Crippen molar-refractivity contribution >= 4 is 33.2 Å². The Hall–Kier alpha value is -1.96. The largest absolute Gasteiger partial charge is 0.310 e. The highest BCUT2D eigenvalue weighted by Gasteiger charge is 2.50. The SMILES string of the molecule is CCc1ccc(N2CCC3(CCN(S(=O)(=O)c4ccccc4Cl)CC3)C2=O)cn1. The van der Waals surface area contributed by atoms with E-state index in [0.29, 0.717) is 32.5 Å². The van der Waals surface area contributed by atoms with Crippen molar-refractivity contribution < 1.29 is 13.2 Å². The van der Waals surface area contributed by atoms with Gasteiger partial charge >= 0.3 is 0 Å². The third kappa shape index (κ3) is 3.56. The maximum absolute atomic E-state index is 13.2. The van der Waals surface area contributed by atoms with Gasteiger partial charge in [-0.1, -0.05) is 30.7 Å². The van der Waals surface area contributed by atoms with Crippen molar-refractivity contribution in [1.82, 2.24) is 9.29 Å². The maximum Gasteiger partial charge on any atom is 0.244 e. The molecule has 2 aliphatic heterocycles. The van der Waals surface area contributed by atoms with Crippen LogP contribution in [0.3, 0.4) is 0 Å². The Morgan fingerprint density at radius 2 is 1.76 bits per heavy atom. The monoisotopic (exact) mass is 433 g/mol. The topological polar surface area (TPSA) is 70.6 Å². The van der Waals surface area contributed by atoms with Crippen molar-refractivity contribution in [3.8, 4) is 0 Å². The van der Waals surface area contributed by atoms with Crippen LogP contribution < -0.4 is 4.90 Å². The van der Waals surface area contributed by atoms with E-state index in [2.05, 4.69) is 4.98 Å². The number of aromatic nitrogens is 1. The van der Waals surface area contributed by atoms with Gasteiger partial charge in [0.2, 0.25) is 15.9 Å². The smallest absolute Gasteiger partial charge is 0.244 e. The number of aryl methyl sites for hydroxylation is 1. The molecule has 0 radical (unpaired) electrons. The molecule has 2 fully saturated rings. The second-order valence-corrected chi connectivity index (χ2v) is 10.00. The Labute approximate surface area is 176 Å². The first-order valence-electron chi connectivity index (χ1n) is 9.89. The normalized spacial score (nSPS) is 19.8. The molecule has 29 heavy (non-hydrogen) atoms. The number of sulfonamides is 1.